The van der Waals surface area contributed by atoms with Crippen molar-refractivity contribution in [2.45, 2.75) is 25.8 Å². The highest BCUT2D eigenvalue weighted by Crippen LogP contribution is 2.28. The van der Waals surface area contributed by atoms with Gasteiger partial charge in [0, 0.05) is 11.0 Å². The molecule has 0 atom stereocenters. The number of benzene rings is 1. The Balaban J connectivity index is 2.43. The molecule has 0 spiro atoms. The normalized spacial score (nSPS) is 14.6. The summed E-state index contributed by atoms with van der Waals surface area (Å²) in [6, 6.07) is 4.26. The van der Waals surface area contributed by atoms with Gasteiger partial charge in [-0.3, -0.25) is 0 Å². The Morgan fingerprint density at radius 2 is 2.23 bits per heavy atom. The molecular weight excluding hydrogens is 230 g/mol. The van der Waals surface area contributed by atoms with Crippen LogP contribution in [-0.4, -0.2) is 5.21 Å². The van der Waals surface area contributed by atoms with Crippen LogP contribution in [-0.2, 0) is 19.4 Å². The van der Waals surface area contributed by atoms with Crippen molar-refractivity contribution in [2.75, 3.05) is 0 Å². The Bertz CT molecular complexity index is 325. The maximum absolute atomic E-state index is 8.68. The first-order valence-corrected chi connectivity index (χ1v) is 5.27. The number of hydrogen-bond donors (Lipinski definition) is 2. The Hall–Kier alpha value is -0.380. The topological polar surface area (TPSA) is 32.3 Å². The molecule has 0 amide bonds. The molecule has 0 aromatic heterocycles. The van der Waals surface area contributed by atoms with Gasteiger partial charge in [-0.25, -0.2) is 5.48 Å². The summed E-state index contributed by atoms with van der Waals surface area (Å²) in [6.45, 7) is 0.543. The molecular formula is C10H12BrNO. The lowest BCUT2D eigenvalue weighted by Gasteiger charge is -2.08. The van der Waals surface area contributed by atoms with E-state index in [0.717, 1.165) is 10.9 Å². The summed E-state index contributed by atoms with van der Waals surface area (Å²) in [5, 5.41) is 8.68. The van der Waals surface area contributed by atoms with E-state index in [4.69, 9.17) is 5.21 Å². The van der Waals surface area contributed by atoms with Gasteiger partial charge in [-0.2, -0.15) is 0 Å². The summed E-state index contributed by atoms with van der Waals surface area (Å²) in [5.74, 6) is 0. The molecule has 1 aliphatic carbocycles. The minimum atomic E-state index is 0.543. The summed E-state index contributed by atoms with van der Waals surface area (Å²) in [5.41, 5.74) is 6.28. The van der Waals surface area contributed by atoms with Crippen molar-refractivity contribution in [3.63, 3.8) is 0 Å². The lowest BCUT2D eigenvalue weighted by atomic mass is 10.0. The van der Waals surface area contributed by atoms with Gasteiger partial charge in [-0.15, -0.1) is 0 Å². The van der Waals surface area contributed by atoms with Crippen LogP contribution in [0.4, 0.5) is 0 Å². The lowest BCUT2D eigenvalue weighted by molar-refractivity contribution is 0.161. The van der Waals surface area contributed by atoms with E-state index in [-0.39, 0.29) is 0 Å². The van der Waals surface area contributed by atoms with Gasteiger partial charge in [-0.1, -0.05) is 15.9 Å². The molecule has 13 heavy (non-hydrogen) atoms. The van der Waals surface area contributed by atoms with Gasteiger partial charge < -0.3 is 5.21 Å². The minimum Gasteiger partial charge on any atom is -0.316 e. The van der Waals surface area contributed by atoms with Crippen molar-refractivity contribution in [1.29, 1.82) is 0 Å². The van der Waals surface area contributed by atoms with Crippen molar-refractivity contribution in [3.05, 3.63) is 33.3 Å². The van der Waals surface area contributed by atoms with Crippen molar-refractivity contribution in [3.8, 4) is 0 Å². The van der Waals surface area contributed by atoms with Gasteiger partial charge in [-0.05, 0) is 48.1 Å². The highest BCUT2D eigenvalue weighted by Gasteiger charge is 2.15. The van der Waals surface area contributed by atoms with Crippen LogP contribution in [0.15, 0.2) is 16.6 Å². The number of halogens is 1. The van der Waals surface area contributed by atoms with Crippen LogP contribution in [0.3, 0.4) is 0 Å². The molecule has 1 aromatic carbocycles. The monoisotopic (exact) mass is 241 g/mol. The van der Waals surface area contributed by atoms with Crippen molar-refractivity contribution in [2.24, 2.45) is 0 Å². The van der Waals surface area contributed by atoms with E-state index in [2.05, 4.69) is 33.5 Å². The fourth-order valence-corrected chi connectivity index (χ4v) is 2.55. The lowest BCUT2D eigenvalue weighted by Crippen LogP contribution is -2.08. The molecule has 1 aliphatic rings. The van der Waals surface area contributed by atoms with E-state index < -0.39 is 0 Å². The zero-order valence-corrected chi connectivity index (χ0v) is 8.89. The van der Waals surface area contributed by atoms with Gasteiger partial charge in [0.25, 0.3) is 0 Å². The first-order chi connectivity index (χ1) is 6.31. The molecule has 0 heterocycles. The largest absolute Gasteiger partial charge is 0.316 e. The molecule has 2 rings (SSSR count). The first-order valence-electron chi connectivity index (χ1n) is 4.48. The van der Waals surface area contributed by atoms with Crippen molar-refractivity contribution < 1.29 is 5.21 Å². The number of fused-ring (bicyclic) bond motifs is 1. The number of hydrogen-bond acceptors (Lipinski definition) is 2. The van der Waals surface area contributed by atoms with Crippen LogP contribution < -0.4 is 5.48 Å². The molecule has 1 aromatic rings. The first kappa shape index (κ1) is 9.19. The number of rotatable bonds is 2. The van der Waals surface area contributed by atoms with Crippen LogP contribution in [0.1, 0.15) is 23.1 Å². The fourth-order valence-electron chi connectivity index (χ4n) is 2.00. The fraction of sp³-hybridized carbons (Fsp3) is 0.400. The predicted octanol–water partition coefficient (Wildman–Crippen LogP) is 2.42. The third-order valence-corrected chi connectivity index (χ3v) is 3.00. The van der Waals surface area contributed by atoms with Crippen LogP contribution in [0, 0.1) is 0 Å². The number of hydroxylamine groups is 1. The highest BCUT2D eigenvalue weighted by molar-refractivity contribution is 9.10. The van der Waals surface area contributed by atoms with E-state index in [1.807, 2.05) is 0 Å². The molecule has 0 unspecified atom stereocenters. The standard InChI is InChI=1S/C10H12BrNO/c11-9-4-7-2-1-3-10(7)8(5-9)6-12-13/h4-5,12-13H,1-3,6H2. The van der Waals surface area contributed by atoms with Crippen molar-refractivity contribution >= 4 is 15.9 Å². The summed E-state index contributed by atoms with van der Waals surface area (Å²) >= 11 is 3.48. The van der Waals surface area contributed by atoms with E-state index in [1.54, 1.807) is 0 Å². The maximum atomic E-state index is 8.68. The molecule has 2 N–H and O–H groups in total. The van der Waals surface area contributed by atoms with Gasteiger partial charge >= 0.3 is 0 Å². The number of nitrogens with one attached hydrogen (secondary N) is 1. The zero-order valence-electron chi connectivity index (χ0n) is 7.31. The predicted molar refractivity (Wildman–Crippen MR) is 54.8 cm³/mol. The second kappa shape index (κ2) is 3.78. The molecule has 0 fully saturated rings. The highest BCUT2D eigenvalue weighted by atomic mass is 79.9. The third kappa shape index (κ3) is 1.77. The van der Waals surface area contributed by atoms with Gasteiger partial charge in [0.2, 0.25) is 0 Å². The minimum absolute atomic E-state index is 0.543. The molecule has 0 radical (unpaired) electrons. The van der Waals surface area contributed by atoms with Gasteiger partial charge in [0.05, 0.1) is 0 Å². The smallest absolute Gasteiger partial charge is 0.0461 e. The molecule has 0 saturated carbocycles. The average Bonchev–Trinajstić information content (AvgIpc) is 2.52. The second-order valence-electron chi connectivity index (χ2n) is 3.39. The van der Waals surface area contributed by atoms with E-state index in [9.17, 15) is 0 Å². The maximum Gasteiger partial charge on any atom is 0.0461 e. The van der Waals surface area contributed by atoms with Crippen molar-refractivity contribution in [1.82, 2.24) is 5.48 Å². The molecule has 0 aliphatic heterocycles. The summed E-state index contributed by atoms with van der Waals surface area (Å²) < 4.78 is 1.11. The summed E-state index contributed by atoms with van der Waals surface area (Å²) in [6.07, 6.45) is 3.57. The van der Waals surface area contributed by atoms with E-state index >= 15 is 0 Å². The molecule has 70 valence electrons. The Morgan fingerprint density at radius 1 is 1.38 bits per heavy atom. The van der Waals surface area contributed by atoms with Crippen LogP contribution in [0.5, 0.6) is 0 Å². The van der Waals surface area contributed by atoms with Gasteiger partial charge in [0.15, 0.2) is 0 Å². The van der Waals surface area contributed by atoms with Crippen LogP contribution >= 0.6 is 15.9 Å². The van der Waals surface area contributed by atoms with Gasteiger partial charge in [0.1, 0.15) is 0 Å². The Labute approximate surface area is 86.1 Å². The molecule has 0 bridgehead atoms. The third-order valence-electron chi connectivity index (χ3n) is 2.54. The van der Waals surface area contributed by atoms with E-state index in [1.165, 1.54) is 29.5 Å². The quantitative estimate of drug-likeness (QED) is 0.780. The molecule has 2 nitrogen and oxygen atoms in total. The zero-order chi connectivity index (χ0) is 9.26. The van der Waals surface area contributed by atoms with Crippen LogP contribution in [0.2, 0.25) is 0 Å². The average molecular weight is 242 g/mol. The molecule has 0 saturated heterocycles. The van der Waals surface area contributed by atoms with Crippen LogP contribution in [0.25, 0.3) is 0 Å². The summed E-state index contributed by atoms with van der Waals surface area (Å²) in [4.78, 5) is 0. The molecule has 3 heteroatoms. The summed E-state index contributed by atoms with van der Waals surface area (Å²) in [7, 11) is 0. The number of aryl methyl sites for hydroxylation is 1. The van der Waals surface area contributed by atoms with E-state index in [0.29, 0.717) is 6.54 Å². The Kier molecular flexibility index (Phi) is 2.67. The SMILES string of the molecule is ONCc1cc(Br)cc2c1CCC2. The second-order valence-corrected chi connectivity index (χ2v) is 4.31. The Morgan fingerprint density at radius 3 is 3.00 bits per heavy atom.